The zero-order chi connectivity index (χ0) is 37.9. The maximum atomic E-state index is 12.1. The summed E-state index contributed by atoms with van der Waals surface area (Å²) < 4.78 is 0. The van der Waals surface area contributed by atoms with E-state index in [9.17, 15) is 30.0 Å². The van der Waals surface area contributed by atoms with Crippen LogP contribution in [0.1, 0.15) is 22.3 Å². The molecule has 6 rings (SSSR count). The molecule has 0 heterocycles. The Morgan fingerprint density at radius 2 is 0.821 bits per heavy atom. The minimum Gasteiger partial charge on any atom is -0.872 e. The van der Waals surface area contributed by atoms with Gasteiger partial charge in [-0.25, -0.2) is 0 Å². The molecule has 0 saturated heterocycles. The molecule has 0 aromatic heterocycles. The second-order valence-electron chi connectivity index (χ2n) is 11.0. The Morgan fingerprint density at radius 1 is 0.518 bits per heavy atom. The Balaban J connectivity index is 0. The van der Waals surface area contributed by atoms with Gasteiger partial charge in [0.1, 0.15) is 0 Å². The van der Waals surface area contributed by atoms with E-state index in [1.165, 1.54) is 24.6 Å². The van der Waals surface area contributed by atoms with Gasteiger partial charge >= 0.3 is 34.1 Å². The standard InChI is InChI=1S/2C20H17NO3.2CH4O.2Cu.2H2O/c2*22-19-11-10-15-8-4-5-9-16(15)17(19)13-21-18(20(23)24)12-14-6-2-1-3-7-14;2*1-2;;;;/h2*1-11,13,18,22H,12H2,(H,23,24);2*2H,1H3;;;2*1H2/q;;;;2*+2;;/p-2/t2*18-;;;;;;/m00....../s1. The molecule has 0 fully saturated rings. The molecule has 0 aliphatic rings. The van der Waals surface area contributed by atoms with Crippen molar-refractivity contribution in [2.45, 2.75) is 24.9 Å². The van der Waals surface area contributed by atoms with Crippen molar-refractivity contribution >= 4 is 45.9 Å². The third-order valence-corrected chi connectivity index (χ3v) is 7.72. The molecule has 0 spiro atoms. The van der Waals surface area contributed by atoms with Crippen LogP contribution >= 0.6 is 0 Å². The number of hydrogen-bond acceptors (Lipinski definition) is 10. The van der Waals surface area contributed by atoms with Crippen molar-refractivity contribution in [1.82, 2.24) is 0 Å². The Labute approximate surface area is 346 Å². The molecule has 302 valence electrons. The summed E-state index contributed by atoms with van der Waals surface area (Å²) in [6.45, 7) is 0. The molecule has 0 amide bonds. The summed E-state index contributed by atoms with van der Waals surface area (Å²) in [5.74, 6) is -2.89. The molecule has 0 bridgehead atoms. The predicted octanol–water partition coefficient (Wildman–Crippen LogP) is 0.755. The molecule has 2 atom stereocenters. The van der Waals surface area contributed by atoms with Crippen molar-refractivity contribution in [2.75, 3.05) is 14.2 Å². The monoisotopic (exact) mass is 862 g/mol. The van der Waals surface area contributed by atoms with Gasteiger partial charge in [-0.05, 0) is 43.8 Å². The molecule has 0 aliphatic carbocycles. The van der Waals surface area contributed by atoms with Gasteiger partial charge in [0.05, 0.1) is 24.0 Å². The predicted molar refractivity (Wildman–Crippen MR) is 206 cm³/mol. The summed E-state index contributed by atoms with van der Waals surface area (Å²) >= 11 is 0. The van der Waals surface area contributed by atoms with E-state index in [4.69, 9.17) is 10.2 Å². The van der Waals surface area contributed by atoms with Crippen LogP contribution in [-0.2, 0) is 67.5 Å². The van der Waals surface area contributed by atoms with E-state index < -0.39 is 24.0 Å². The molecule has 56 heavy (non-hydrogen) atoms. The molecular formula is C42H44Cu2N2O10+2. The Bertz CT molecular complexity index is 1950. The van der Waals surface area contributed by atoms with E-state index in [1.807, 2.05) is 109 Å². The number of rotatable bonds is 10. The molecule has 0 saturated carbocycles. The maximum Gasteiger partial charge on any atom is 2.00 e. The van der Waals surface area contributed by atoms with Crippen LogP contribution in [0.15, 0.2) is 143 Å². The Hall–Kier alpha value is -5.40. The summed E-state index contributed by atoms with van der Waals surface area (Å²) in [4.78, 5) is 31.0. The largest absolute Gasteiger partial charge is 2.00 e. The second kappa shape index (κ2) is 28.1. The van der Waals surface area contributed by atoms with Crippen LogP contribution in [0.3, 0.4) is 0 Å². The zero-order valence-corrected chi connectivity index (χ0v) is 32.3. The maximum absolute atomic E-state index is 12.1. The number of benzene rings is 6. The fourth-order valence-corrected chi connectivity index (χ4v) is 5.22. The van der Waals surface area contributed by atoms with E-state index in [1.54, 1.807) is 12.1 Å². The van der Waals surface area contributed by atoms with E-state index in [2.05, 4.69) is 9.98 Å². The SMILES string of the molecule is CO.CO.O=C([O-])[C@H](Cc1ccccc1)N=Cc1c([O-])ccc2ccccc12.O=C([O-])[C@H](Cc1ccccc1)N=Cc1c([O-])ccc2ccccc12.[Cu+2].[Cu+2].[OH3+].[OH3+]. The summed E-state index contributed by atoms with van der Waals surface area (Å²) in [7, 11) is 2.00. The minimum absolute atomic E-state index is 0. The van der Waals surface area contributed by atoms with Gasteiger partial charge in [0.2, 0.25) is 0 Å². The first-order chi connectivity index (χ1) is 25.3. The number of aliphatic imine (C=N–C) groups is 2. The van der Waals surface area contributed by atoms with Gasteiger partial charge in [0.25, 0.3) is 0 Å². The topological polar surface area (TPSA) is 258 Å². The number of carboxylic acid groups (broad SMARTS) is 2. The van der Waals surface area contributed by atoms with Crippen molar-refractivity contribution in [1.29, 1.82) is 0 Å². The summed E-state index contributed by atoms with van der Waals surface area (Å²) in [6, 6.07) is 37.6. The molecule has 6 aromatic rings. The third-order valence-electron chi connectivity index (χ3n) is 7.72. The van der Waals surface area contributed by atoms with Crippen LogP contribution in [0.4, 0.5) is 0 Å². The van der Waals surface area contributed by atoms with Gasteiger partial charge in [0, 0.05) is 39.5 Å². The first kappa shape index (κ1) is 52.7. The summed E-state index contributed by atoms with van der Waals surface area (Å²) in [5, 5.41) is 64.3. The normalized spacial score (nSPS) is 10.9. The van der Waals surface area contributed by atoms with Crippen LogP contribution in [-0.4, -0.2) is 60.9 Å². The first-order valence-corrected chi connectivity index (χ1v) is 16.1. The van der Waals surface area contributed by atoms with Crippen molar-refractivity contribution in [3.05, 3.63) is 156 Å². The minimum atomic E-state index is -1.26. The number of hydrogen-bond donors (Lipinski definition) is 2. The number of nitrogens with zero attached hydrogens (tertiary/aromatic N) is 2. The van der Waals surface area contributed by atoms with Crippen molar-refractivity contribution in [2.24, 2.45) is 9.98 Å². The van der Waals surface area contributed by atoms with Gasteiger partial charge in [-0.15, -0.1) is 0 Å². The Kier molecular flexibility index (Phi) is 26.4. The van der Waals surface area contributed by atoms with Gasteiger partial charge in [-0.1, -0.05) is 145 Å². The van der Waals surface area contributed by atoms with Crippen molar-refractivity contribution in [3.63, 3.8) is 0 Å². The fraction of sp³-hybridized carbons (Fsp3) is 0.143. The average molecular weight is 864 g/mol. The molecular weight excluding hydrogens is 820 g/mol. The summed E-state index contributed by atoms with van der Waals surface area (Å²) in [5.41, 5.74) is 2.49. The molecule has 0 unspecified atom stereocenters. The van der Waals surface area contributed by atoms with E-state index in [0.29, 0.717) is 11.1 Å². The molecule has 14 heteroatoms. The van der Waals surface area contributed by atoms with Crippen molar-refractivity contribution in [3.8, 4) is 11.5 Å². The van der Waals surface area contributed by atoms with Crippen LogP contribution in [0.25, 0.3) is 21.5 Å². The van der Waals surface area contributed by atoms with Gasteiger partial charge in [-0.3, -0.25) is 9.98 Å². The smallest absolute Gasteiger partial charge is 0.872 e. The number of aliphatic carboxylic acids is 2. The van der Waals surface area contributed by atoms with Crippen molar-refractivity contribution < 1.29 is 85.3 Å². The van der Waals surface area contributed by atoms with Crippen LogP contribution in [0.5, 0.6) is 11.5 Å². The quantitative estimate of drug-likeness (QED) is 0.113. The molecule has 12 nitrogen and oxygen atoms in total. The second-order valence-corrected chi connectivity index (χ2v) is 11.0. The zero-order valence-electron chi connectivity index (χ0n) is 30.4. The van der Waals surface area contributed by atoms with Gasteiger partial charge < -0.3 is 51.2 Å². The number of fused-ring (bicyclic) bond motifs is 2. The van der Waals surface area contributed by atoms with Crippen LogP contribution in [0, 0.1) is 0 Å². The average Bonchev–Trinajstić information content (AvgIpc) is 3.18. The number of carbonyl (C=O) groups excluding carboxylic acids is 2. The number of aliphatic hydroxyl groups excluding tert-OH is 2. The number of aliphatic hydroxyl groups is 2. The Morgan fingerprint density at radius 3 is 1.14 bits per heavy atom. The van der Waals surface area contributed by atoms with Gasteiger partial charge in [0.15, 0.2) is 0 Å². The summed E-state index contributed by atoms with van der Waals surface area (Å²) in [6.07, 6.45) is 3.15. The fourth-order valence-electron chi connectivity index (χ4n) is 5.22. The molecule has 8 N–H and O–H groups in total. The molecule has 0 aliphatic heterocycles. The van der Waals surface area contributed by atoms with Gasteiger partial charge in [-0.2, -0.15) is 0 Å². The first-order valence-electron chi connectivity index (χ1n) is 16.1. The third kappa shape index (κ3) is 15.4. The number of carboxylic acids is 2. The van der Waals surface area contributed by atoms with Crippen LogP contribution in [0.2, 0.25) is 0 Å². The van der Waals surface area contributed by atoms with Crippen LogP contribution < -0.4 is 20.4 Å². The molecule has 2 radical (unpaired) electrons. The molecule has 6 aromatic carbocycles. The van der Waals surface area contributed by atoms with E-state index in [-0.39, 0.29) is 69.4 Å². The van der Waals surface area contributed by atoms with E-state index >= 15 is 0 Å². The number of carbonyl (C=O) groups is 2. The van der Waals surface area contributed by atoms with E-state index in [0.717, 1.165) is 46.9 Å².